The van der Waals surface area contributed by atoms with Gasteiger partial charge in [-0.25, -0.2) is 0 Å². The SMILES string of the molecule is CCCN(C(C)c1ccc(Br)s1)C1COCC1C(=O)O. The smallest absolute Gasteiger partial charge is 0.310 e. The summed E-state index contributed by atoms with van der Waals surface area (Å²) in [6.07, 6.45) is 1.000. The number of ether oxygens (including phenoxy) is 1. The van der Waals surface area contributed by atoms with Crippen LogP contribution in [0.25, 0.3) is 0 Å². The van der Waals surface area contributed by atoms with Crippen LogP contribution in [-0.2, 0) is 9.53 Å². The van der Waals surface area contributed by atoms with E-state index in [0.29, 0.717) is 13.2 Å². The molecular formula is C14H20BrNO3S. The van der Waals surface area contributed by atoms with Crippen molar-refractivity contribution in [1.82, 2.24) is 4.90 Å². The van der Waals surface area contributed by atoms with Crippen molar-refractivity contribution in [3.05, 3.63) is 20.8 Å². The third-order valence-electron chi connectivity index (χ3n) is 3.78. The molecule has 1 aliphatic rings. The molecule has 4 nitrogen and oxygen atoms in total. The normalized spacial score (nSPS) is 24.2. The van der Waals surface area contributed by atoms with Crippen molar-refractivity contribution < 1.29 is 14.6 Å². The Balaban J connectivity index is 2.19. The highest BCUT2D eigenvalue weighted by atomic mass is 79.9. The summed E-state index contributed by atoms with van der Waals surface area (Å²) >= 11 is 5.19. The minimum Gasteiger partial charge on any atom is -0.481 e. The standard InChI is InChI=1S/C14H20BrNO3S/c1-3-6-16(9(2)12-4-5-13(15)20-12)11-8-19-7-10(11)14(17)18/h4-5,9-11H,3,6-8H2,1-2H3,(H,17,18). The summed E-state index contributed by atoms with van der Waals surface area (Å²) in [7, 11) is 0. The number of aliphatic carboxylic acids is 1. The van der Waals surface area contributed by atoms with Crippen molar-refractivity contribution in [2.45, 2.75) is 32.4 Å². The van der Waals surface area contributed by atoms with E-state index in [0.717, 1.165) is 16.8 Å². The lowest BCUT2D eigenvalue weighted by molar-refractivity contribution is -0.143. The average Bonchev–Trinajstić information content (AvgIpc) is 3.03. The maximum absolute atomic E-state index is 11.4. The minimum absolute atomic E-state index is 0.0386. The number of nitrogens with zero attached hydrogens (tertiary/aromatic N) is 1. The van der Waals surface area contributed by atoms with Crippen molar-refractivity contribution in [3.63, 3.8) is 0 Å². The Bertz CT molecular complexity index is 465. The monoisotopic (exact) mass is 361 g/mol. The fraction of sp³-hybridized carbons (Fsp3) is 0.643. The van der Waals surface area contributed by atoms with Crippen LogP contribution >= 0.6 is 27.3 Å². The number of carboxylic acid groups (broad SMARTS) is 1. The number of carboxylic acids is 1. The van der Waals surface area contributed by atoms with Crippen LogP contribution in [0.2, 0.25) is 0 Å². The summed E-state index contributed by atoms with van der Waals surface area (Å²) < 4.78 is 6.53. The molecule has 0 aromatic carbocycles. The summed E-state index contributed by atoms with van der Waals surface area (Å²) in [6.45, 7) is 5.98. The molecule has 112 valence electrons. The Kier molecular flexibility index (Phi) is 5.60. The first-order valence-electron chi connectivity index (χ1n) is 6.86. The molecular weight excluding hydrogens is 342 g/mol. The van der Waals surface area contributed by atoms with Gasteiger partial charge in [-0.2, -0.15) is 0 Å². The molecule has 2 rings (SSSR count). The second kappa shape index (κ2) is 7.02. The van der Waals surface area contributed by atoms with Crippen LogP contribution in [0, 0.1) is 5.92 Å². The Hall–Kier alpha value is -0.430. The van der Waals surface area contributed by atoms with Crippen molar-refractivity contribution in [1.29, 1.82) is 0 Å². The molecule has 1 aromatic rings. The molecule has 0 aliphatic carbocycles. The van der Waals surface area contributed by atoms with Crippen LogP contribution in [0.5, 0.6) is 0 Å². The van der Waals surface area contributed by atoms with E-state index in [4.69, 9.17) is 4.74 Å². The lowest BCUT2D eigenvalue weighted by Crippen LogP contribution is -2.44. The summed E-state index contributed by atoms with van der Waals surface area (Å²) in [5, 5.41) is 9.35. The molecule has 3 unspecified atom stereocenters. The third-order valence-corrected chi connectivity index (χ3v) is 5.57. The van der Waals surface area contributed by atoms with E-state index in [9.17, 15) is 9.90 Å². The van der Waals surface area contributed by atoms with Crippen LogP contribution in [0.3, 0.4) is 0 Å². The predicted octanol–water partition coefficient (Wildman–Crippen LogP) is 3.38. The largest absolute Gasteiger partial charge is 0.481 e. The Labute approximate surface area is 131 Å². The molecule has 1 N–H and O–H groups in total. The van der Waals surface area contributed by atoms with Gasteiger partial charge in [-0.05, 0) is 48.0 Å². The molecule has 3 atom stereocenters. The van der Waals surface area contributed by atoms with Crippen LogP contribution < -0.4 is 0 Å². The molecule has 0 bridgehead atoms. The highest BCUT2D eigenvalue weighted by Gasteiger charge is 2.39. The molecule has 0 radical (unpaired) electrons. The van der Waals surface area contributed by atoms with E-state index in [1.54, 1.807) is 11.3 Å². The molecule has 1 fully saturated rings. The first-order chi connectivity index (χ1) is 9.54. The van der Waals surface area contributed by atoms with Crippen molar-refractivity contribution in [2.24, 2.45) is 5.92 Å². The maximum Gasteiger partial charge on any atom is 0.310 e. The number of halogens is 1. The van der Waals surface area contributed by atoms with Gasteiger partial charge in [-0.3, -0.25) is 9.69 Å². The first-order valence-corrected chi connectivity index (χ1v) is 8.47. The molecule has 0 amide bonds. The molecule has 2 heterocycles. The van der Waals surface area contributed by atoms with Crippen molar-refractivity contribution >= 4 is 33.2 Å². The molecule has 6 heteroatoms. The van der Waals surface area contributed by atoms with E-state index < -0.39 is 11.9 Å². The van der Waals surface area contributed by atoms with Gasteiger partial charge in [0, 0.05) is 17.0 Å². The number of rotatable bonds is 6. The van der Waals surface area contributed by atoms with Gasteiger partial charge in [0.25, 0.3) is 0 Å². The van der Waals surface area contributed by atoms with Crippen LogP contribution in [0.15, 0.2) is 15.9 Å². The first kappa shape index (κ1) is 15.9. The van der Waals surface area contributed by atoms with Gasteiger partial charge in [-0.1, -0.05) is 6.92 Å². The summed E-state index contributed by atoms with van der Waals surface area (Å²) in [5.41, 5.74) is 0. The average molecular weight is 362 g/mol. The molecule has 0 saturated carbocycles. The Morgan fingerprint density at radius 3 is 2.90 bits per heavy atom. The van der Waals surface area contributed by atoms with Gasteiger partial charge in [0.1, 0.15) is 0 Å². The van der Waals surface area contributed by atoms with E-state index in [2.05, 4.69) is 40.7 Å². The molecule has 1 saturated heterocycles. The predicted molar refractivity (Wildman–Crippen MR) is 83.2 cm³/mol. The number of hydrogen-bond acceptors (Lipinski definition) is 4. The summed E-state index contributed by atoms with van der Waals surface area (Å²) in [5.74, 6) is -1.18. The van der Waals surface area contributed by atoms with Crippen molar-refractivity contribution in [2.75, 3.05) is 19.8 Å². The van der Waals surface area contributed by atoms with Gasteiger partial charge < -0.3 is 9.84 Å². The van der Waals surface area contributed by atoms with Crippen LogP contribution in [0.1, 0.15) is 31.2 Å². The zero-order valence-electron chi connectivity index (χ0n) is 11.7. The Morgan fingerprint density at radius 2 is 2.35 bits per heavy atom. The Morgan fingerprint density at radius 1 is 1.60 bits per heavy atom. The number of hydrogen-bond donors (Lipinski definition) is 1. The quantitative estimate of drug-likeness (QED) is 0.843. The van der Waals surface area contributed by atoms with Gasteiger partial charge in [-0.15, -0.1) is 11.3 Å². The second-order valence-corrected chi connectivity index (χ2v) is 7.60. The van der Waals surface area contributed by atoms with Crippen LogP contribution in [0.4, 0.5) is 0 Å². The van der Waals surface area contributed by atoms with E-state index in [1.807, 2.05) is 6.07 Å². The maximum atomic E-state index is 11.4. The topological polar surface area (TPSA) is 49.8 Å². The van der Waals surface area contributed by atoms with E-state index in [1.165, 1.54) is 4.88 Å². The molecule has 1 aliphatic heterocycles. The van der Waals surface area contributed by atoms with Gasteiger partial charge in [0.15, 0.2) is 0 Å². The lowest BCUT2D eigenvalue weighted by Gasteiger charge is -2.34. The highest BCUT2D eigenvalue weighted by Crippen LogP contribution is 2.34. The third kappa shape index (κ3) is 3.42. The second-order valence-electron chi connectivity index (χ2n) is 5.11. The van der Waals surface area contributed by atoms with Gasteiger partial charge >= 0.3 is 5.97 Å². The summed E-state index contributed by atoms with van der Waals surface area (Å²) in [4.78, 5) is 14.9. The van der Waals surface area contributed by atoms with Crippen molar-refractivity contribution in [3.8, 4) is 0 Å². The van der Waals surface area contributed by atoms with Crippen LogP contribution in [-0.4, -0.2) is 41.8 Å². The van der Waals surface area contributed by atoms with Gasteiger partial charge in [0.05, 0.1) is 22.9 Å². The zero-order chi connectivity index (χ0) is 14.7. The van der Waals surface area contributed by atoms with E-state index >= 15 is 0 Å². The van der Waals surface area contributed by atoms with Gasteiger partial charge in [0.2, 0.25) is 0 Å². The minimum atomic E-state index is -0.756. The zero-order valence-corrected chi connectivity index (χ0v) is 14.1. The molecule has 0 spiro atoms. The summed E-state index contributed by atoms with van der Waals surface area (Å²) in [6, 6.07) is 4.32. The highest BCUT2D eigenvalue weighted by molar-refractivity contribution is 9.11. The number of thiophene rings is 1. The lowest BCUT2D eigenvalue weighted by atomic mass is 10.00. The fourth-order valence-electron chi connectivity index (χ4n) is 2.73. The molecule has 20 heavy (non-hydrogen) atoms. The fourth-order valence-corrected chi connectivity index (χ4v) is 4.22. The van der Waals surface area contributed by atoms with E-state index in [-0.39, 0.29) is 12.1 Å². The molecule has 1 aromatic heterocycles. The number of carbonyl (C=O) groups is 1.